The summed E-state index contributed by atoms with van der Waals surface area (Å²) in [6.45, 7) is 2.81. The highest BCUT2D eigenvalue weighted by Gasteiger charge is 2.33. The highest BCUT2D eigenvalue weighted by atomic mass is 16.5. The number of piperazine rings is 1. The Labute approximate surface area is 152 Å². The first-order chi connectivity index (χ1) is 12.8. The van der Waals surface area contributed by atoms with Gasteiger partial charge < -0.3 is 9.84 Å². The zero-order valence-electron chi connectivity index (χ0n) is 14.8. The minimum atomic E-state index is 0.148. The van der Waals surface area contributed by atoms with E-state index in [1.54, 1.807) is 0 Å². The summed E-state index contributed by atoms with van der Waals surface area (Å²) in [4.78, 5) is 6.98. The molecule has 5 rings (SSSR count). The zero-order chi connectivity index (χ0) is 17.5. The van der Waals surface area contributed by atoms with Crippen LogP contribution >= 0.6 is 0 Å². The van der Waals surface area contributed by atoms with E-state index in [9.17, 15) is 0 Å². The summed E-state index contributed by atoms with van der Waals surface area (Å²) in [5.41, 5.74) is 3.21. The molecule has 1 aliphatic carbocycles. The van der Waals surface area contributed by atoms with E-state index in [0.717, 1.165) is 36.7 Å². The van der Waals surface area contributed by atoms with Crippen molar-refractivity contribution in [3.8, 4) is 17.1 Å². The summed E-state index contributed by atoms with van der Waals surface area (Å²) in [5, 5.41) is 12.3. The van der Waals surface area contributed by atoms with E-state index in [-0.39, 0.29) is 6.04 Å². The van der Waals surface area contributed by atoms with Gasteiger partial charge in [0.2, 0.25) is 0 Å². The second kappa shape index (κ2) is 6.34. The molecule has 1 atom stereocenters. The Balaban J connectivity index is 1.52. The molecule has 1 N–H and O–H groups in total. The van der Waals surface area contributed by atoms with Crippen LogP contribution in [0, 0.1) is 0 Å². The van der Waals surface area contributed by atoms with E-state index in [0.29, 0.717) is 11.8 Å². The second-order valence-electron chi connectivity index (χ2n) is 7.12. The minimum Gasteiger partial charge on any atom is -0.334 e. The van der Waals surface area contributed by atoms with Gasteiger partial charge in [-0.1, -0.05) is 23.4 Å². The highest BCUT2D eigenvalue weighted by molar-refractivity contribution is 5.59. The maximum Gasteiger partial charge on any atom is 0.261 e. The SMILES string of the molecule is CN1CCNCC1c1noc(-c2cnn(-c3ccccc3)c2C2CC2)n1. The summed E-state index contributed by atoms with van der Waals surface area (Å²) in [7, 11) is 2.10. The predicted molar refractivity (Wildman–Crippen MR) is 97.1 cm³/mol. The van der Waals surface area contributed by atoms with Gasteiger partial charge in [0, 0.05) is 25.6 Å². The van der Waals surface area contributed by atoms with Crippen molar-refractivity contribution in [2.24, 2.45) is 0 Å². The lowest BCUT2D eigenvalue weighted by molar-refractivity contribution is 0.190. The normalized spacial score (nSPS) is 21.2. The molecule has 1 saturated carbocycles. The molecule has 2 fully saturated rings. The third-order valence-corrected chi connectivity index (χ3v) is 5.25. The van der Waals surface area contributed by atoms with Gasteiger partial charge in [0.05, 0.1) is 29.2 Å². The fourth-order valence-corrected chi connectivity index (χ4v) is 3.62. The fourth-order valence-electron chi connectivity index (χ4n) is 3.62. The second-order valence-corrected chi connectivity index (χ2v) is 7.12. The van der Waals surface area contributed by atoms with Crippen molar-refractivity contribution in [3.05, 3.63) is 48.0 Å². The van der Waals surface area contributed by atoms with E-state index < -0.39 is 0 Å². The topological polar surface area (TPSA) is 72.0 Å². The number of nitrogens with zero attached hydrogens (tertiary/aromatic N) is 5. The molecule has 0 bridgehead atoms. The van der Waals surface area contributed by atoms with Crippen LogP contribution in [0.15, 0.2) is 41.1 Å². The Morgan fingerprint density at radius 3 is 2.81 bits per heavy atom. The van der Waals surface area contributed by atoms with Gasteiger partial charge in [0.1, 0.15) is 0 Å². The summed E-state index contributed by atoms with van der Waals surface area (Å²) in [6, 6.07) is 10.4. The molecule has 3 aromatic rings. The average molecular weight is 350 g/mol. The molecule has 134 valence electrons. The van der Waals surface area contributed by atoms with Gasteiger partial charge in [-0.05, 0) is 32.0 Å². The number of hydrogen-bond donors (Lipinski definition) is 1. The number of nitrogens with one attached hydrogen (secondary N) is 1. The highest BCUT2D eigenvalue weighted by Crippen LogP contribution is 2.45. The molecule has 1 unspecified atom stereocenters. The van der Waals surface area contributed by atoms with Crippen LogP contribution in [-0.2, 0) is 0 Å². The van der Waals surface area contributed by atoms with Gasteiger partial charge in [-0.2, -0.15) is 10.1 Å². The van der Waals surface area contributed by atoms with Gasteiger partial charge in [-0.3, -0.25) is 4.90 Å². The van der Waals surface area contributed by atoms with Crippen molar-refractivity contribution in [1.29, 1.82) is 0 Å². The first-order valence-corrected chi connectivity index (χ1v) is 9.19. The van der Waals surface area contributed by atoms with Crippen LogP contribution in [0.2, 0.25) is 0 Å². The number of para-hydroxylation sites is 1. The van der Waals surface area contributed by atoms with Crippen LogP contribution in [0.25, 0.3) is 17.1 Å². The molecule has 1 aliphatic heterocycles. The third-order valence-electron chi connectivity index (χ3n) is 5.25. The molecule has 7 heteroatoms. The molecule has 1 aromatic carbocycles. The van der Waals surface area contributed by atoms with Gasteiger partial charge >= 0.3 is 0 Å². The molecular weight excluding hydrogens is 328 g/mol. The number of aromatic nitrogens is 4. The minimum absolute atomic E-state index is 0.148. The predicted octanol–water partition coefficient (Wildman–Crippen LogP) is 2.38. The lowest BCUT2D eigenvalue weighted by Gasteiger charge is -2.30. The van der Waals surface area contributed by atoms with Crippen LogP contribution < -0.4 is 5.32 Å². The maximum atomic E-state index is 5.65. The van der Waals surface area contributed by atoms with Crippen LogP contribution in [-0.4, -0.2) is 51.5 Å². The molecule has 7 nitrogen and oxygen atoms in total. The van der Waals surface area contributed by atoms with E-state index in [2.05, 4.69) is 39.7 Å². The van der Waals surface area contributed by atoms with Crippen molar-refractivity contribution in [2.45, 2.75) is 24.8 Å². The van der Waals surface area contributed by atoms with Crippen molar-refractivity contribution >= 4 is 0 Å². The van der Waals surface area contributed by atoms with Crippen LogP contribution in [0.5, 0.6) is 0 Å². The van der Waals surface area contributed by atoms with Gasteiger partial charge in [0.25, 0.3) is 5.89 Å². The Hall–Kier alpha value is -2.51. The summed E-state index contributed by atoms with van der Waals surface area (Å²) in [6.07, 6.45) is 4.23. The Morgan fingerprint density at radius 1 is 1.19 bits per heavy atom. The Morgan fingerprint density at radius 2 is 2.04 bits per heavy atom. The van der Waals surface area contributed by atoms with Gasteiger partial charge in [-0.25, -0.2) is 4.68 Å². The molecule has 0 amide bonds. The summed E-state index contributed by atoms with van der Waals surface area (Å²) in [5.74, 6) is 1.83. The number of hydrogen-bond acceptors (Lipinski definition) is 6. The summed E-state index contributed by atoms with van der Waals surface area (Å²) < 4.78 is 7.67. The average Bonchev–Trinajstić information content (AvgIpc) is 3.23. The first-order valence-electron chi connectivity index (χ1n) is 9.19. The van der Waals surface area contributed by atoms with Crippen molar-refractivity contribution in [1.82, 2.24) is 30.1 Å². The van der Waals surface area contributed by atoms with E-state index in [4.69, 9.17) is 9.51 Å². The van der Waals surface area contributed by atoms with Crippen molar-refractivity contribution in [2.75, 3.05) is 26.7 Å². The van der Waals surface area contributed by atoms with Crippen molar-refractivity contribution in [3.63, 3.8) is 0 Å². The van der Waals surface area contributed by atoms with E-state index >= 15 is 0 Å². The van der Waals surface area contributed by atoms with E-state index in [1.807, 2.05) is 29.1 Å². The zero-order valence-corrected chi connectivity index (χ0v) is 14.8. The molecule has 26 heavy (non-hydrogen) atoms. The molecule has 0 radical (unpaired) electrons. The smallest absolute Gasteiger partial charge is 0.261 e. The largest absolute Gasteiger partial charge is 0.334 e. The number of rotatable bonds is 4. The molecular formula is C19H22N6O. The van der Waals surface area contributed by atoms with Crippen LogP contribution in [0.4, 0.5) is 0 Å². The van der Waals surface area contributed by atoms with Crippen molar-refractivity contribution < 1.29 is 4.52 Å². The molecule has 3 heterocycles. The Kier molecular flexibility index (Phi) is 3.83. The fraction of sp³-hybridized carbons (Fsp3) is 0.421. The third kappa shape index (κ3) is 2.73. The molecule has 2 aromatic heterocycles. The van der Waals surface area contributed by atoms with E-state index in [1.165, 1.54) is 18.5 Å². The molecule has 2 aliphatic rings. The quantitative estimate of drug-likeness (QED) is 0.779. The molecule has 1 saturated heterocycles. The monoisotopic (exact) mass is 350 g/mol. The maximum absolute atomic E-state index is 5.65. The number of benzene rings is 1. The van der Waals surface area contributed by atoms with Gasteiger partial charge in [-0.15, -0.1) is 0 Å². The standard InChI is InChI=1S/C19H22N6O/c1-24-10-9-20-12-16(24)18-22-19(26-23-18)15-11-21-25(17(15)13-7-8-13)14-5-3-2-4-6-14/h2-6,11,13,16,20H,7-10,12H2,1H3. The van der Waals surface area contributed by atoms with Gasteiger partial charge in [0.15, 0.2) is 5.82 Å². The lowest BCUT2D eigenvalue weighted by Crippen LogP contribution is -2.44. The summed E-state index contributed by atoms with van der Waals surface area (Å²) >= 11 is 0. The van der Waals surface area contributed by atoms with Crippen LogP contribution in [0.3, 0.4) is 0 Å². The number of likely N-dealkylation sites (N-methyl/N-ethyl adjacent to an activating group) is 1. The first kappa shape index (κ1) is 15.7. The van der Waals surface area contributed by atoms with Crippen LogP contribution in [0.1, 0.15) is 36.3 Å². The lowest BCUT2D eigenvalue weighted by atomic mass is 10.1. The Bertz CT molecular complexity index is 898. The molecule has 0 spiro atoms.